The van der Waals surface area contributed by atoms with Gasteiger partial charge in [0.1, 0.15) is 6.10 Å². The average molecular weight is 212 g/mol. The fraction of sp³-hybridized carbons (Fsp3) is 0.545. The lowest BCUT2D eigenvalue weighted by atomic mass is 9.96. The van der Waals surface area contributed by atoms with Crippen LogP contribution in [0.3, 0.4) is 0 Å². The molecule has 14 heavy (non-hydrogen) atoms. The van der Waals surface area contributed by atoms with Crippen LogP contribution in [0.25, 0.3) is 0 Å². The lowest BCUT2D eigenvalue weighted by molar-refractivity contribution is 0.114. The molecule has 0 N–H and O–H groups in total. The van der Waals surface area contributed by atoms with E-state index >= 15 is 0 Å². The Bertz CT molecular complexity index is 323. The van der Waals surface area contributed by atoms with Crippen LogP contribution in [0.1, 0.15) is 30.5 Å². The van der Waals surface area contributed by atoms with Crippen molar-refractivity contribution in [2.24, 2.45) is 0 Å². The van der Waals surface area contributed by atoms with Crippen LogP contribution >= 0.6 is 11.6 Å². The standard InChI is InChI=1S/C11H14ClNO/c1-8-5-9(7-12)6-11(13-8)14-10-3-2-4-10/h5-6,10H,2-4,7H2,1H3. The summed E-state index contributed by atoms with van der Waals surface area (Å²) >= 11 is 5.77. The predicted octanol–water partition coefficient (Wildman–Crippen LogP) is 3.06. The molecule has 2 nitrogen and oxygen atoms in total. The van der Waals surface area contributed by atoms with Crippen LogP contribution in [0.4, 0.5) is 0 Å². The molecule has 0 spiro atoms. The predicted molar refractivity (Wildman–Crippen MR) is 56.8 cm³/mol. The number of ether oxygens (including phenoxy) is 1. The molecule has 1 aromatic heterocycles. The molecule has 1 fully saturated rings. The van der Waals surface area contributed by atoms with Crippen molar-refractivity contribution in [3.63, 3.8) is 0 Å². The Morgan fingerprint density at radius 1 is 1.50 bits per heavy atom. The third-order valence-corrected chi connectivity index (χ3v) is 2.79. The lowest BCUT2D eigenvalue weighted by Gasteiger charge is -2.25. The van der Waals surface area contributed by atoms with Gasteiger partial charge in [0.05, 0.1) is 0 Å². The van der Waals surface area contributed by atoms with Crippen molar-refractivity contribution < 1.29 is 4.74 Å². The smallest absolute Gasteiger partial charge is 0.214 e. The summed E-state index contributed by atoms with van der Waals surface area (Å²) in [5.41, 5.74) is 2.05. The molecule has 0 aliphatic heterocycles. The molecule has 0 aromatic carbocycles. The Labute approximate surface area is 89.3 Å². The summed E-state index contributed by atoms with van der Waals surface area (Å²) in [5.74, 6) is 1.25. The average Bonchev–Trinajstić information content (AvgIpc) is 2.10. The van der Waals surface area contributed by atoms with Gasteiger partial charge in [-0.2, -0.15) is 0 Å². The van der Waals surface area contributed by atoms with Crippen LogP contribution < -0.4 is 4.74 Å². The van der Waals surface area contributed by atoms with Crippen molar-refractivity contribution >= 4 is 11.6 Å². The molecular formula is C11H14ClNO. The lowest BCUT2D eigenvalue weighted by Crippen LogP contribution is -2.25. The van der Waals surface area contributed by atoms with Gasteiger partial charge in [0.25, 0.3) is 0 Å². The fourth-order valence-corrected chi connectivity index (χ4v) is 1.66. The number of hydrogen-bond acceptors (Lipinski definition) is 2. The second kappa shape index (κ2) is 4.18. The zero-order valence-electron chi connectivity index (χ0n) is 8.29. The molecule has 1 aromatic rings. The summed E-state index contributed by atoms with van der Waals surface area (Å²) in [6, 6.07) is 3.92. The Kier molecular flexibility index (Phi) is 2.92. The topological polar surface area (TPSA) is 22.1 Å². The van der Waals surface area contributed by atoms with Crippen LogP contribution in [-0.2, 0) is 5.88 Å². The van der Waals surface area contributed by atoms with Gasteiger partial charge in [-0.15, -0.1) is 11.6 Å². The van der Waals surface area contributed by atoms with Crippen LogP contribution in [0.5, 0.6) is 5.88 Å². The number of nitrogens with zero attached hydrogens (tertiary/aromatic N) is 1. The van der Waals surface area contributed by atoms with E-state index in [1.54, 1.807) is 0 Å². The van der Waals surface area contributed by atoms with Gasteiger partial charge in [-0.1, -0.05) is 0 Å². The minimum absolute atomic E-state index is 0.382. The molecule has 2 rings (SSSR count). The summed E-state index contributed by atoms with van der Waals surface area (Å²) in [4.78, 5) is 4.32. The van der Waals surface area contributed by atoms with E-state index in [-0.39, 0.29) is 0 Å². The SMILES string of the molecule is Cc1cc(CCl)cc(OC2CCC2)n1. The first-order valence-electron chi connectivity index (χ1n) is 4.98. The van der Waals surface area contributed by atoms with Gasteiger partial charge in [-0.3, -0.25) is 0 Å². The molecule has 0 radical (unpaired) electrons. The summed E-state index contributed by atoms with van der Waals surface area (Å²) in [7, 11) is 0. The van der Waals surface area contributed by atoms with Gasteiger partial charge in [0.2, 0.25) is 5.88 Å². The van der Waals surface area contributed by atoms with Crippen molar-refractivity contribution in [2.75, 3.05) is 0 Å². The number of hydrogen-bond donors (Lipinski definition) is 0. The highest BCUT2D eigenvalue weighted by Gasteiger charge is 2.19. The highest BCUT2D eigenvalue weighted by atomic mass is 35.5. The number of aryl methyl sites for hydroxylation is 1. The molecule has 0 amide bonds. The molecule has 1 aliphatic rings. The zero-order chi connectivity index (χ0) is 9.97. The van der Waals surface area contributed by atoms with E-state index in [9.17, 15) is 0 Å². The van der Waals surface area contributed by atoms with Gasteiger partial charge in [0.15, 0.2) is 0 Å². The molecule has 76 valence electrons. The highest BCUT2D eigenvalue weighted by Crippen LogP contribution is 2.25. The molecule has 3 heteroatoms. The van der Waals surface area contributed by atoms with Gasteiger partial charge in [-0.25, -0.2) is 4.98 Å². The highest BCUT2D eigenvalue weighted by molar-refractivity contribution is 6.17. The van der Waals surface area contributed by atoms with Crippen molar-refractivity contribution in [2.45, 2.75) is 38.2 Å². The van der Waals surface area contributed by atoms with E-state index in [4.69, 9.17) is 16.3 Å². The van der Waals surface area contributed by atoms with Gasteiger partial charge >= 0.3 is 0 Å². The van der Waals surface area contributed by atoms with Crippen LogP contribution in [-0.4, -0.2) is 11.1 Å². The third-order valence-electron chi connectivity index (χ3n) is 2.48. The first-order chi connectivity index (χ1) is 6.78. The molecule has 0 saturated heterocycles. The Hall–Kier alpha value is -0.760. The Morgan fingerprint density at radius 2 is 2.29 bits per heavy atom. The normalized spacial score (nSPS) is 16.4. The van der Waals surface area contributed by atoms with E-state index in [2.05, 4.69) is 4.98 Å². The van der Waals surface area contributed by atoms with Gasteiger partial charge < -0.3 is 4.74 Å². The number of pyridine rings is 1. The first-order valence-corrected chi connectivity index (χ1v) is 5.51. The monoisotopic (exact) mass is 211 g/mol. The Morgan fingerprint density at radius 3 is 2.86 bits per heavy atom. The van der Waals surface area contributed by atoms with Crippen LogP contribution in [0, 0.1) is 6.92 Å². The Balaban J connectivity index is 2.11. The molecule has 1 heterocycles. The molecule has 0 unspecified atom stereocenters. The molecular weight excluding hydrogens is 198 g/mol. The fourth-order valence-electron chi connectivity index (χ4n) is 1.50. The van der Waals surface area contributed by atoms with Crippen molar-refractivity contribution in [1.82, 2.24) is 4.98 Å². The zero-order valence-corrected chi connectivity index (χ0v) is 9.05. The van der Waals surface area contributed by atoms with Crippen molar-refractivity contribution in [3.05, 3.63) is 23.4 Å². The maximum Gasteiger partial charge on any atom is 0.214 e. The number of alkyl halides is 1. The number of rotatable bonds is 3. The second-order valence-electron chi connectivity index (χ2n) is 3.76. The van der Waals surface area contributed by atoms with E-state index < -0.39 is 0 Å². The van der Waals surface area contributed by atoms with Crippen LogP contribution in [0.2, 0.25) is 0 Å². The first kappa shape index (κ1) is 9.78. The quantitative estimate of drug-likeness (QED) is 0.717. The molecule has 0 bridgehead atoms. The van der Waals surface area contributed by atoms with E-state index in [1.165, 1.54) is 6.42 Å². The second-order valence-corrected chi connectivity index (χ2v) is 4.03. The van der Waals surface area contributed by atoms with E-state index in [0.29, 0.717) is 12.0 Å². The van der Waals surface area contributed by atoms with Gasteiger partial charge in [0, 0.05) is 17.6 Å². The van der Waals surface area contributed by atoms with Gasteiger partial charge in [-0.05, 0) is 37.8 Å². The maximum absolute atomic E-state index is 5.77. The largest absolute Gasteiger partial charge is 0.474 e. The van der Waals surface area contributed by atoms with Crippen LogP contribution in [0.15, 0.2) is 12.1 Å². The summed E-state index contributed by atoms with van der Waals surface area (Å²) in [5, 5.41) is 0. The maximum atomic E-state index is 5.77. The minimum Gasteiger partial charge on any atom is -0.474 e. The molecule has 1 aliphatic carbocycles. The molecule has 1 saturated carbocycles. The van der Waals surface area contributed by atoms with E-state index in [0.717, 1.165) is 30.0 Å². The third kappa shape index (κ3) is 2.18. The summed E-state index contributed by atoms with van der Waals surface area (Å²) in [6.45, 7) is 1.96. The summed E-state index contributed by atoms with van der Waals surface area (Å²) < 4.78 is 5.70. The van der Waals surface area contributed by atoms with Crippen molar-refractivity contribution in [1.29, 1.82) is 0 Å². The minimum atomic E-state index is 0.382. The summed E-state index contributed by atoms with van der Waals surface area (Å²) in [6.07, 6.45) is 3.98. The van der Waals surface area contributed by atoms with Crippen molar-refractivity contribution in [3.8, 4) is 5.88 Å². The number of aromatic nitrogens is 1. The number of halogens is 1. The van der Waals surface area contributed by atoms with E-state index in [1.807, 2.05) is 19.1 Å². The molecule has 0 atom stereocenters.